The van der Waals surface area contributed by atoms with Crippen molar-refractivity contribution in [2.24, 2.45) is 5.92 Å². The lowest BCUT2D eigenvalue weighted by molar-refractivity contribution is -0.124. The fourth-order valence-electron chi connectivity index (χ4n) is 1.53. The number of nitrogens with one attached hydrogen (secondary N) is 1. The van der Waals surface area contributed by atoms with Gasteiger partial charge in [0.1, 0.15) is 0 Å². The van der Waals surface area contributed by atoms with Crippen LogP contribution in [-0.4, -0.2) is 5.91 Å². The Kier molecular flexibility index (Phi) is 5.53. The zero-order valence-electron chi connectivity index (χ0n) is 9.79. The van der Waals surface area contributed by atoms with E-state index >= 15 is 0 Å². The summed E-state index contributed by atoms with van der Waals surface area (Å²) in [5, 5.41) is 2.95. The summed E-state index contributed by atoms with van der Waals surface area (Å²) in [5.74, 6) is 0.255. The van der Waals surface area contributed by atoms with Crippen molar-refractivity contribution in [2.45, 2.75) is 33.2 Å². The molecule has 0 spiro atoms. The molecule has 0 saturated heterocycles. The highest BCUT2D eigenvalue weighted by atomic mass is 79.9. The Labute approximate surface area is 106 Å². The Morgan fingerprint density at radius 3 is 2.56 bits per heavy atom. The Morgan fingerprint density at radius 1 is 1.38 bits per heavy atom. The molecule has 0 aromatic heterocycles. The van der Waals surface area contributed by atoms with Gasteiger partial charge in [0.2, 0.25) is 5.91 Å². The molecule has 0 aliphatic carbocycles. The molecule has 1 unspecified atom stereocenters. The van der Waals surface area contributed by atoms with Crippen LogP contribution in [0.15, 0.2) is 28.7 Å². The first-order valence-electron chi connectivity index (χ1n) is 5.65. The third-order valence-electron chi connectivity index (χ3n) is 2.55. The van der Waals surface area contributed by atoms with Gasteiger partial charge in [-0.3, -0.25) is 4.79 Å². The summed E-state index contributed by atoms with van der Waals surface area (Å²) in [7, 11) is 0. The largest absolute Gasteiger partial charge is 0.352 e. The maximum atomic E-state index is 11.7. The molecule has 0 fully saturated rings. The van der Waals surface area contributed by atoms with E-state index in [0.717, 1.165) is 22.9 Å². The molecule has 1 aromatic carbocycles. The van der Waals surface area contributed by atoms with Crippen LogP contribution in [0.4, 0.5) is 0 Å². The second-order valence-electron chi connectivity index (χ2n) is 4.03. The minimum atomic E-state index is 0.112. The molecular weight excluding hydrogens is 266 g/mol. The average Bonchev–Trinajstić information content (AvgIpc) is 2.28. The molecule has 3 heteroatoms. The third kappa shape index (κ3) is 4.35. The predicted octanol–water partition coefficient (Wildman–Crippen LogP) is 3.50. The summed E-state index contributed by atoms with van der Waals surface area (Å²) in [6.07, 6.45) is 2.00. The Bertz CT molecular complexity index is 334. The molecule has 1 aromatic rings. The number of hydrogen-bond acceptors (Lipinski definition) is 1. The molecule has 2 nitrogen and oxygen atoms in total. The van der Waals surface area contributed by atoms with Crippen LogP contribution in [0, 0.1) is 5.92 Å². The van der Waals surface area contributed by atoms with Gasteiger partial charge in [-0.05, 0) is 24.1 Å². The SMILES string of the molecule is CCCC(C)C(=O)NCc1ccc(Br)cc1. The lowest BCUT2D eigenvalue weighted by Crippen LogP contribution is -2.28. The van der Waals surface area contributed by atoms with Crippen molar-refractivity contribution in [1.29, 1.82) is 0 Å². The van der Waals surface area contributed by atoms with Gasteiger partial charge < -0.3 is 5.32 Å². The fourth-order valence-corrected chi connectivity index (χ4v) is 1.79. The van der Waals surface area contributed by atoms with Crippen LogP contribution in [0.1, 0.15) is 32.3 Å². The second kappa shape index (κ2) is 6.69. The topological polar surface area (TPSA) is 29.1 Å². The zero-order chi connectivity index (χ0) is 12.0. The van der Waals surface area contributed by atoms with Crippen molar-refractivity contribution in [1.82, 2.24) is 5.32 Å². The first-order valence-corrected chi connectivity index (χ1v) is 6.45. The molecule has 0 saturated carbocycles. The molecule has 16 heavy (non-hydrogen) atoms. The van der Waals surface area contributed by atoms with Crippen LogP contribution in [0.2, 0.25) is 0 Å². The van der Waals surface area contributed by atoms with Crippen LogP contribution in [0.25, 0.3) is 0 Å². The molecule has 1 atom stereocenters. The van der Waals surface area contributed by atoms with Crippen LogP contribution in [-0.2, 0) is 11.3 Å². The minimum Gasteiger partial charge on any atom is -0.352 e. The van der Waals surface area contributed by atoms with E-state index in [1.807, 2.05) is 31.2 Å². The standard InChI is InChI=1S/C13H18BrNO/c1-3-4-10(2)13(16)15-9-11-5-7-12(14)8-6-11/h5-8,10H,3-4,9H2,1-2H3,(H,15,16). The number of amides is 1. The van der Waals surface area contributed by atoms with E-state index < -0.39 is 0 Å². The number of carbonyl (C=O) groups excluding carboxylic acids is 1. The average molecular weight is 284 g/mol. The van der Waals surface area contributed by atoms with E-state index in [0.29, 0.717) is 6.54 Å². The highest BCUT2D eigenvalue weighted by Gasteiger charge is 2.10. The number of halogens is 1. The molecule has 0 aliphatic heterocycles. The van der Waals surface area contributed by atoms with Crippen LogP contribution in [0.3, 0.4) is 0 Å². The monoisotopic (exact) mass is 283 g/mol. The highest BCUT2D eigenvalue weighted by molar-refractivity contribution is 9.10. The number of hydrogen-bond donors (Lipinski definition) is 1. The molecule has 88 valence electrons. The smallest absolute Gasteiger partial charge is 0.223 e. The summed E-state index contributed by atoms with van der Waals surface area (Å²) in [6.45, 7) is 4.68. The van der Waals surface area contributed by atoms with Gasteiger partial charge in [-0.15, -0.1) is 0 Å². The number of rotatable bonds is 5. The number of carbonyl (C=O) groups is 1. The molecule has 1 amide bonds. The van der Waals surface area contributed by atoms with Gasteiger partial charge in [0, 0.05) is 16.9 Å². The summed E-state index contributed by atoms with van der Waals surface area (Å²) >= 11 is 3.38. The van der Waals surface area contributed by atoms with Crippen LogP contribution >= 0.6 is 15.9 Å². The molecule has 0 heterocycles. The van der Waals surface area contributed by atoms with Crippen molar-refractivity contribution >= 4 is 21.8 Å². The van der Waals surface area contributed by atoms with Gasteiger partial charge in [0.25, 0.3) is 0 Å². The highest BCUT2D eigenvalue weighted by Crippen LogP contribution is 2.11. The van der Waals surface area contributed by atoms with Gasteiger partial charge in [-0.2, -0.15) is 0 Å². The maximum Gasteiger partial charge on any atom is 0.223 e. The van der Waals surface area contributed by atoms with Gasteiger partial charge in [0.15, 0.2) is 0 Å². The van der Waals surface area contributed by atoms with Gasteiger partial charge in [0.05, 0.1) is 0 Å². The summed E-state index contributed by atoms with van der Waals surface area (Å²) < 4.78 is 1.06. The van der Waals surface area contributed by atoms with E-state index in [2.05, 4.69) is 28.2 Å². The molecule has 0 aliphatic rings. The third-order valence-corrected chi connectivity index (χ3v) is 3.08. The first-order chi connectivity index (χ1) is 7.63. The second-order valence-corrected chi connectivity index (χ2v) is 4.95. The van der Waals surface area contributed by atoms with Gasteiger partial charge >= 0.3 is 0 Å². The molecule has 1 N–H and O–H groups in total. The predicted molar refractivity (Wildman–Crippen MR) is 70.1 cm³/mol. The lowest BCUT2D eigenvalue weighted by atomic mass is 10.1. The van der Waals surface area contributed by atoms with E-state index in [9.17, 15) is 4.79 Å². The molecular formula is C13H18BrNO. The first kappa shape index (κ1) is 13.2. The Hall–Kier alpha value is -0.830. The minimum absolute atomic E-state index is 0.112. The maximum absolute atomic E-state index is 11.7. The van der Waals surface area contributed by atoms with Crippen molar-refractivity contribution in [3.63, 3.8) is 0 Å². The molecule has 0 bridgehead atoms. The van der Waals surface area contributed by atoms with Crippen molar-refractivity contribution in [3.8, 4) is 0 Å². The zero-order valence-corrected chi connectivity index (χ0v) is 11.4. The van der Waals surface area contributed by atoms with E-state index in [1.165, 1.54) is 0 Å². The summed E-state index contributed by atoms with van der Waals surface area (Å²) in [4.78, 5) is 11.7. The Morgan fingerprint density at radius 2 is 2.00 bits per heavy atom. The van der Waals surface area contributed by atoms with E-state index in [-0.39, 0.29) is 11.8 Å². The van der Waals surface area contributed by atoms with E-state index in [4.69, 9.17) is 0 Å². The molecule has 1 rings (SSSR count). The number of benzene rings is 1. The normalized spacial score (nSPS) is 12.2. The van der Waals surface area contributed by atoms with Crippen molar-refractivity contribution < 1.29 is 4.79 Å². The van der Waals surface area contributed by atoms with Crippen LogP contribution < -0.4 is 5.32 Å². The Balaban J connectivity index is 2.39. The summed E-state index contributed by atoms with van der Waals surface area (Å²) in [6, 6.07) is 7.98. The van der Waals surface area contributed by atoms with E-state index in [1.54, 1.807) is 0 Å². The van der Waals surface area contributed by atoms with Gasteiger partial charge in [-0.25, -0.2) is 0 Å². The fraction of sp³-hybridized carbons (Fsp3) is 0.462. The van der Waals surface area contributed by atoms with Crippen molar-refractivity contribution in [3.05, 3.63) is 34.3 Å². The quantitative estimate of drug-likeness (QED) is 0.881. The van der Waals surface area contributed by atoms with Crippen molar-refractivity contribution in [2.75, 3.05) is 0 Å². The van der Waals surface area contributed by atoms with Crippen LogP contribution in [0.5, 0.6) is 0 Å². The lowest BCUT2D eigenvalue weighted by Gasteiger charge is -2.11. The van der Waals surface area contributed by atoms with Gasteiger partial charge in [-0.1, -0.05) is 48.3 Å². The molecule has 0 radical (unpaired) electrons. The summed E-state index contributed by atoms with van der Waals surface area (Å²) in [5.41, 5.74) is 1.13.